The minimum absolute atomic E-state index is 0.123. The fourth-order valence-corrected chi connectivity index (χ4v) is 2.51. The minimum Gasteiger partial charge on any atom is -0.462 e. The fraction of sp³-hybridized carbons (Fsp3) is 0.600. The van der Waals surface area contributed by atoms with Crippen LogP contribution in [0, 0.1) is 6.92 Å². The van der Waals surface area contributed by atoms with E-state index >= 15 is 0 Å². The lowest BCUT2D eigenvalue weighted by Crippen LogP contribution is -2.24. The number of nitrogens with zero attached hydrogens (tertiary/aromatic N) is 1. The predicted octanol–water partition coefficient (Wildman–Crippen LogP) is 3.37. The maximum atomic E-state index is 12.1. The summed E-state index contributed by atoms with van der Waals surface area (Å²) >= 11 is 0. The first-order valence-electron chi connectivity index (χ1n) is 6.80. The lowest BCUT2D eigenvalue weighted by atomic mass is 9.97. The van der Waals surface area contributed by atoms with E-state index in [4.69, 9.17) is 4.74 Å². The lowest BCUT2D eigenvalue weighted by Gasteiger charge is -2.23. The van der Waals surface area contributed by atoms with Crippen molar-refractivity contribution in [2.45, 2.75) is 58.0 Å². The van der Waals surface area contributed by atoms with Crippen LogP contribution in [0.25, 0.3) is 0 Å². The number of rotatable bonds is 3. The molecule has 1 saturated carbocycles. The highest BCUT2D eigenvalue weighted by molar-refractivity contribution is 5.77. The molecule has 1 atom stereocenters. The minimum atomic E-state index is -0.270. The average molecular weight is 247 g/mol. The van der Waals surface area contributed by atoms with Crippen LogP contribution in [0.15, 0.2) is 18.3 Å². The number of ether oxygens (including phenoxy) is 1. The van der Waals surface area contributed by atoms with Crippen molar-refractivity contribution >= 4 is 5.97 Å². The van der Waals surface area contributed by atoms with Gasteiger partial charge in [-0.15, -0.1) is 0 Å². The first-order chi connectivity index (χ1) is 8.68. The summed E-state index contributed by atoms with van der Waals surface area (Å²) in [7, 11) is 0. The largest absolute Gasteiger partial charge is 0.462 e. The molecule has 0 radical (unpaired) electrons. The molecule has 0 aliphatic heterocycles. The number of hydrogen-bond acceptors (Lipinski definition) is 3. The van der Waals surface area contributed by atoms with E-state index in [-0.39, 0.29) is 18.0 Å². The van der Waals surface area contributed by atoms with Gasteiger partial charge in [-0.05, 0) is 51.2 Å². The van der Waals surface area contributed by atoms with Gasteiger partial charge in [0.2, 0.25) is 0 Å². The van der Waals surface area contributed by atoms with Crippen molar-refractivity contribution in [1.29, 1.82) is 0 Å². The first-order valence-corrected chi connectivity index (χ1v) is 6.80. The molecule has 1 aliphatic rings. The van der Waals surface area contributed by atoms with Gasteiger partial charge in [0, 0.05) is 6.20 Å². The zero-order valence-corrected chi connectivity index (χ0v) is 11.2. The predicted molar refractivity (Wildman–Crippen MR) is 70.4 cm³/mol. The van der Waals surface area contributed by atoms with E-state index in [0.29, 0.717) is 0 Å². The van der Waals surface area contributed by atoms with Crippen molar-refractivity contribution in [1.82, 2.24) is 4.98 Å². The summed E-state index contributed by atoms with van der Waals surface area (Å²) in [6.45, 7) is 3.85. The van der Waals surface area contributed by atoms with Gasteiger partial charge in [0.25, 0.3) is 0 Å². The molecule has 1 aliphatic carbocycles. The maximum absolute atomic E-state index is 12.1. The van der Waals surface area contributed by atoms with Crippen molar-refractivity contribution in [2.75, 3.05) is 0 Å². The van der Waals surface area contributed by atoms with Gasteiger partial charge in [-0.2, -0.15) is 0 Å². The molecule has 0 bridgehead atoms. The Hall–Kier alpha value is -1.38. The normalized spacial score (nSPS) is 18.3. The molecule has 0 N–H and O–H groups in total. The molecule has 3 heteroatoms. The van der Waals surface area contributed by atoms with E-state index in [0.717, 1.165) is 24.1 Å². The molecular formula is C15H21NO2. The molecule has 0 saturated heterocycles. The summed E-state index contributed by atoms with van der Waals surface area (Å²) in [6, 6.07) is 3.87. The summed E-state index contributed by atoms with van der Waals surface area (Å²) < 4.78 is 5.58. The standard InChI is InChI=1S/C15H21NO2/c1-11-7-6-10-16-14(11)12(2)15(17)18-13-8-4-3-5-9-13/h6-7,10,12-13H,3-5,8-9H2,1-2H3. The molecule has 18 heavy (non-hydrogen) atoms. The third kappa shape index (κ3) is 3.09. The Kier molecular flexibility index (Phi) is 4.34. The Morgan fingerprint density at radius 1 is 1.39 bits per heavy atom. The van der Waals surface area contributed by atoms with Gasteiger partial charge < -0.3 is 4.74 Å². The van der Waals surface area contributed by atoms with E-state index in [1.165, 1.54) is 19.3 Å². The molecule has 1 aromatic rings. The van der Waals surface area contributed by atoms with Gasteiger partial charge in [-0.25, -0.2) is 0 Å². The second-order valence-electron chi connectivity index (χ2n) is 5.12. The van der Waals surface area contributed by atoms with Crippen LogP contribution in [-0.2, 0) is 9.53 Å². The van der Waals surface area contributed by atoms with Gasteiger partial charge in [0.1, 0.15) is 6.10 Å². The Balaban J connectivity index is 1.98. The van der Waals surface area contributed by atoms with Gasteiger partial charge in [0.15, 0.2) is 0 Å². The van der Waals surface area contributed by atoms with E-state index in [1.807, 2.05) is 26.0 Å². The smallest absolute Gasteiger partial charge is 0.315 e. The second-order valence-corrected chi connectivity index (χ2v) is 5.12. The highest BCUT2D eigenvalue weighted by Gasteiger charge is 2.24. The monoisotopic (exact) mass is 247 g/mol. The quantitative estimate of drug-likeness (QED) is 0.769. The number of aromatic nitrogens is 1. The number of carbonyl (C=O) groups is 1. The number of aryl methyl sites for hydroxylation is 1. The summed E-state index contributed by atoms with van der Waals surface area (Å²) in [4.78, 5) is 16.4. The fourth-order valence-electron chi connectivity index (χ4n) is 2.51. The van der Waals surface area contributed by atoms with Crippen LogP contribution in [0.5, 0.6) is 0 Å². The van der Waals surface area contributed by atoms with Gasteiger partial charge in [0.05, 0.1) is 11.6 Å². The van der Waals surface area contributed by atoms with Gasteiger partial charge in [-0.1, -0.05) is 12.5 Å². The van der Waals surface area contributed by atoms with Crippen LogP contribution in [0.3, 0.4) is 0 Å². The summed E-state index contributed by atoms with van der Waals surface area (Å²) in [5.74, 6) is -0.406. The molecule has 2 rings (SSSR count). The lowest BCUT2D eigenvalue weighted by molar-refractivity contribution is -0.152. The molecule has 1 heterocycles. The van der Waals surface area contributed by atoms with Crippen molar-refractivity contribution in [3.05, 3.63) is 29.6 Å². The van der Waals surface area contributed by atoms with Crippen LogP contribution in [0.2, 0.25) is 0 Å². The molecule has 1 fully saturated rings. The van der Waals surface area contributed by atoms with Crippen LogP contribution in [0.1, 0.15) is 56.2 Å². The maximum Gasteiger partial charge on any atom is 0.315 e. The average Bonchev–Trinajstić information content (AvgIpc) is 2.39. The van der Waals surface area contributed by atoms with Crippen molar-refractivity contribution in [3.8, 4) is 0 Å². The summed E-state index contributed by atoms with van der Waals surface area (Å²) in [5.41, 5.74) is 1.88. The van der Waals surface area contributed by atoms with Crippen molar-refractivity contribution in [3.63, 3.8) is 0 Å². The van der Waals surface area contributed by atoms with E-state index in [9.17, 15) is 4.79 Å². The first kappa shape index (κ1) is 13.1. The van der Waals surface area contributed by atoms with Crippen molar-refractivity contribution < 1.29 is 9.53 Å². The van der Waals surface area contributed by atoms with Crippen LogP contribution < -0.4 is 0 Å². The Labute approximate surface area is 109 Å². The molecule has 0 spiro atoms. The summed E-state index contributed by atoms with van der Waals surface area (Å²) in [5, 5.41) is 0. The van der Waals surface area contributed by atoms with E-state index in [1.54, 1.807) is 6.20 Å². The molecule has 98 valence electrons. The highest BCUT2D eigenvalue weighted by atomic mass is 16.5. The number of carbonyl (C=O) groups excluding carboxylic acids is 1. The zero-order chi connectivity index (χ0) is 13.0. The molecule has 3 nitrogen and oxygen atoms in total. The number of pyridine rings is 1. The highest BCUT2D eigenvalue weighted by Crippen LogP contribution is 2.24. The Morgan fingerprint density at radius 3 is 2.78 bits per heavy atom. The number of hydrogen-bond donors (Lipinski definition) is 0. The third-order valence-electron chi connectivity index (χ3n) is 3.65. The molecule has 0 amide bonds. The van der Waals surface area contributed by atoms with Gasteiger partial charge >= 0.3 is 5.97 Å². The third-order valence-corrected chi connectivity index (χ3v) is 3.65. The number of esters is 1. The van der Waals surface area contributed by atoms with Crippen LogP contribution in [0.4, 0.5) is 0 Å². The molecular weight excluding hydrogens is 226 g/mol. The van der Waals surface area contributed by atoms with E-state index < -0.39 is 0 Å². The molecule has 1 aromatic heterocycles. The second kappa shape index (κ2) is 5.98. The Morgan fingerprint density at radius 2 is 2.11 bits per heavy atom. The summed E-state index contributed by atoms with van der Waals surface area (Å²) in [6.07, 6.45) is 7.50. The topological polar surface area (TPSA) is 39.2 Å². The molecule has 1 unspecified atom stereocenters. The molecule has 0 aromatic carbocycles. The van der Waals surface area contributed by atoms with Crippen LogP contribution >= 0.6 is 0 Å². The Bertz CT molecular complexity index is 411. The van der Waals surface area contributed by atoms with Gasteiger partial charge in [-0.3, -0.25) is 9.78 Å². The van der Waals surface area contributed by atoms with E-state index in [2.05, 4.69) is 4.98 Å². The zero-order valence-electron chi connectivity index (χ0n) is 11.2. The van der Waals surface area contributed by atoms with Crippen molar-refractivity contribution in [2.24, 2.45) is 0 Å². The van der Waals surface area contributed by atoms with Crippen LogP contribution in [-0.4, -0.2) is 17.1 Å². The SMILES string of the molecule is Cc1cccnc1C(C)C(=O)OC1CCCCC1.